The van der Waals surface area contributed by atoms with Crippen molar-refractivity contribution in [3.8, 4) is 11.1 Å². The highest BCUT2D eigenvalue weighted by Crippen LogP contribution is 2.37. The van der Waals surface area contributed by atoms with Crippen molar-refractivity contribution in [2.45, 2.75) is 24.8 Å². The Morgan fingerprint density at radius 3 is 2.83 bits per heavy atom. The van der Waals surface area contributed by atoms with Crippen molar-refractivity contribution in [1.29, 1.82) is 0 Å². The number of hydrogen-bond donors (Lipinski definition) is 2. The number of aromatic nitrogens is 4. The fourth-order valence-electron chi connectivity index (χ4n) is 4.64. The number of nitrogen functional groups attached to an aromatic ring is 1. The van der Waals surface area contributed by atoms with Gasteiger partial charge in [0.05, 0.1) is 21.9 Å². The smallest absolute Gasteiger partial charge is 0.326 e. The summed E-state index contributed by atoms with van der Waals surface area (Å²) in [4.78, 5) is 35.2. The number of carbonyl (C=O) groups excluding carboxylic acids is 1. The number of ether oxygens (including phenoxy) is 1. The number of amides is 1. The van der Waals surface area contributed by atoms with E-state index in [9.17, 15) is 14.7 Å². The third kappa shape index (κ3) is 4.10. The Balaban J connectivity index is 1.57. The fraction of sp³-hybridized carbons (Fsp3) is 0.292. The summed E-state index contributed by atoms with van der Waals surface area (Å²) < 4.78 is 7.11. The second-order valence-electron chi connectivity index (χ2n) is 8.51. The Kier molecular flexibility index (Phi) is 6.12. The first-order valence-electron chi connectivity index (χ1n) is 11.1. The molecule has 2 unspecified atom stereocenters. The number of benzene rings is 1. The molecule has 0 bridgehead atoms. The van der Waals surface area contributed by atoms with E-state index in [4.69, 9.17) is 15.5 Å². The lowest BCUT2D eigenvalue weighted by Crippen LogP contribution is -2.51. The first-order valence-corrected chi connectivity index (χ1v) is 11.9. The zero-order chi connectivity index (χ0) is 24.7. The average molecular weight is 539 g/mol. The predicted molar refractivity (Wildman–Crippen MR) is 133 cm³/mol. The number of hydrogen-bond acceptors (Lipinski definition) is 7. The molecule has 0 spiro atoms. The van der Waals surface area contributed by atoms with Gasteiger partial charge < -0.3 is 20.5 Å². The third-order valence-corrected chi connectivity index (χ3v) is 7.20. The number of carboxylic acid groups (broad SMARTS) is 1. The molecule has 1 amide bonds. The zero-order valence-corrected chi connectivity index (χ0v) is 20.5. The van der Waals surface area contributed by atoms with Crippen molar-refractivity contribution in [3.63, 3.8) is 0 Å². The number of halogens is 1. The molecule has 5 rings (SSSR count). The summed E-state index contributed by atoms with van der Waals surface area (Å²) in [5.74, 6) is -1.25. The molecule has 1 aliphatic heterocycles. The van der Waals surface area contributed by atoms with Crippen molar-refractivity contribution in [2.24, 2.45) is 0 Å². The lowest BCUT2D eigenvalue weighted by atomic mass is 9.89. The summed E-state index contributed by atoms with van der Waals surface area (Å²) in [6.45, 7) is 0.00931. The molecule has 0 radical (unpaired) electrons. The third-order valence-electron chi connectivity index (χ3n) is 6.39. The molecule has 1 fully saturated rings. The van der Waals surface area contributed by atoms with Crippen LogP contribution in [0.2, 0.25) is 0 Å². The van der Waals surface area contributed by atoms with Crippen LogP contribution in [0.4, 0.5) is 5.82 Å². The average Bonchev–Trinajstić information content (AvgIpc) is 3.29. The van der Waals surface area contributed by atoms with E-state index in [1.54, 1.807) is 16.9 Å². The second-order valence-corrected chi connectivity index (χ2v) is 9.31. The van der Waals surface area contributed by atoms with Gasteiger partial charge in [0.1, 0.15) is 18.5 Å². The molecule has 2 atom stereocenters. The first kappa shape index (κ1) is 23.2. The number of piperidine rings is 1. The molecular weight excluding hydrogens is 516 g/mol. The number of methoxy groups -OCH3 is 1. The van der Waals surface area contributed by atoms with Crippen LogP contribution < -0.4 is 5.73 Å². The van der Waals surface area contributed by atoms with Crippen LogP contribution in [0.15, 0.2) is 47.2 Å². The summed E-state index contributed by atoms with van der Waals surface area (Å²) >= 11 is 3.56. The van der Waals surface area contributed by atoms with Gasteiger partial charge in [-0.05, 0) is 40.9 Å². The molecule has 11 heteroatoms. The Hall–Kier alpha value is -3.57. The van der Waals surface area contributed by atoms with Crippen LogP contribution in [-0.4, -0.2) is 67.8 Å². The van der Waals surface area contributed by atoms with Crippen LogP contribution in [0, 0.1) is 0 Å². The molecule has 0 saturated carbocycles. The summed E-state index contributed by atoms with van der Waals surface area (Å²) in [6, 6.07) is 8.97. The number of carbonyl (C=O) groups is 2. The van der Waals surface area contributed by atoms with Gasteiger partial charge in [0.25, 0.3) is 0 Å². The molecule has 180 valence electrons. The number of para-hydroxylation sites is 1. The van der Waals surface area contributed by atoms with Gasteiger partial charge in [-0.1, -0.05) is 18.2 Å². The Morgan fingerprint density at radius 1 is 1.26 bits per heavy atom. The number of nitrogens with two attached hydrogens (primary N) is 1. The van der Waals surface area contributed by atoms with Gasteiger partial charge in [0.15, 0.2) is 5.65 Å². The topological polar surface area (TPSA) is 136 Å². The highest BCUT2D eigenvalue weighted by atomic mass is 79.9. The summed E-state index contributed by atoms with van der Waals surface area (Å²) in [5.41, 5.74) is 10.2. The van der Waals surface area contributed by atoms with E-state index >= 15 is 0 Å². The highest BCUT2D eigenvalue weighted by molar-refractivity contribution is 9.10. The molecule has 4 aromatic rings. The van der Waals surface area contributed by atoms with E-state index in [1.165, 1.54) is 12.0 Å². The minimum atomic E-state index is -1.03. The predicted octanol–water partition coefficient (Wildman–Crippen LogP) is 3.09. The lowest BCUT2D eigenvalue weighted by molar-refractivity contribution is -0.154. The second kappa shape index (κ2) is 9.23. The molecule has 4 heterocycles. The van der Waals surface area contributed by atoms with Crippen molar-refractivity contribution in [3.05, 3.63) is 52.9 Å². The van der Waals surface area contributed by atoms with E-state index in [1.807, 2.05) is 30.3 Å². The van der Waals surface area contributed by atoms with E-state index in [0.29, 0.717) is 34.5 Å². The molecular formula is C24H23BrN6O4. The number of carboxylic acids is 1. The Labute approximate surface area is 208 Å². The van der Waals surface area contributed by atoms with Gasteiger partial charge in [0.2, 0.25) is 5.91 Å². The number of pyridine rings is 1. The van der Waals surface area contributed by atoms with E-state index in [2.05, 4.69) is 26.0 Å². The first-order chi connectivity index (χ1) is 16.9. The Bertz CT molecular complexity index is 1460. The molecule has 1 aromatic carbocycles. The fourth-order valence-corrected chi connectivity index (χ4v) is 5.22. The maximum atomic E-state index is 12.6. The maximum absolute atomic E-state index is 12.6. The van der Waals surface area contributed by atoms with Crippen LogP contribution in [0.1, 0.15) is 24.5 Å². The molecule has 3 N–H and O–H groups in total. The number of likely N-dealkylation sites (tertiary alicyclic amines) is 1. The van der Waals surface area contributed by atoms with E-state index < -0.39 is 12.0 Å². The number of fused-ring (bicyclic) bond motifs is 2. The molecule has 1 aliphatic rings. The molecule has 10 nitrogen and oxygen atoms in total. The zero-order valence-electron chi connectivity index (χ0n) is 18.9. The molecule has 0 aliphatic carbocycles. The minimum Gasteiger partial charge on any atom is -0.480 e. The van der Waals surface area contributed by atoms with Gasteiger partial charge in [-0.2, -0.15) is 9.61 Å². The normalized spacial score (nSPS) is 18.3. The SMILES string of the molecule is COCC(=O)N1CC(c2nc3c(-c4cnc5ccccc5c4)cnn3c(N)c2Br)CCC1C(=O)O. The summed E-state index contributed by atoms with van der Waals surface area (Å²) in [6.07, 6.45) is 4.32. The van der Waals surface area contributed by atoms with Crippen LogP contribution >= 0.6 is 15.9 Å². The summed E-state index contributed by atoms with van der Waals surface area (Å²) in [5, 5.41) is 15.1. The van der Waals surface area contributed by atoms with Crippen molar-refractivity contribution < 1.29 is 19.4 Å². The highest BCUT2D eigenvalue weighted by Gasteiger charge is 2.38. The van der Waals surface area contributed by atoms with Crippen LogP contribution in [0.5, 0.6) is 0 Å². The van der Waals surface area contributed by atoms with Crippen molar-refractivity contribution in [2.75, 3.05) is 26.0 Å². The Morgan fingerprint density at radius 2 is 2.06 bits per heavy atom. The molecule has 1 saturated heterocycles. The van der Waals surface area contributed by atoms with Gasteiger partial charge in [0, 0.05) is 42.3 Å². The standard InChI is InChI=1S/C24H23BrN6O4/c1-35-12-19(32)30-11-14(6-7-18(30)24(33)34)21-20(25)22(26)31-23(29-21)16(10-28-31)15-8-13-4-2-3-5-17(13)27-9-15/h2-5,8-10,14,18H,6-7,11-12,26H2,1H3,(H,33,34). The number of rotatable bonds is 5. The number of anilines is 1. The number of aliphatic carboxylic acids is 1. The van der Waals surface area contributed by atoms with Crippen molar-refractivity contribution in [1.82, 2.24) is 24.5 Å². The van der Waals surface area contributed by atoms with Gasteiger partial charge in [-0.3, -0.25) is 9.78 Å². The number of nitrogens with zero attached hydrogens (tertiary/aromatic N) is 5. The quantitative estimate of drug-likeness (QED) is 0.395. The van der Waals surface area contributed by atoms with Gasteiger partial charge >= 0.3 is 5.97 Å². The van der Waals surface area contributed by atoms with Crippen LogP contribution in [0.3, 0.4) is 0 Å². The van der Waals surface area contributed by atoms with Crippen LogP contribution in [0.25, 0.3) is 27.7 Å². The monoisotopic (exact) mass is 538 g/mol. The maximum Gasteiger partial charge on any atom is 0.326 e. The van der Waals surface area contributed by atoms with Crippen LogP contribution in [-0.2, 0) is 14.3 Å². The van der Waals surface area contributed by atoms with Gasteiger partial charge in [-0.25, -0.2) is 9.78 Å². The largest absolute Gasteiger partial charge is 0.480 e. The minimum absolute atomic E-state index is 0.187. The van der Waals surface area contributed by atoms with E-state index in [0.717, 1.165) is 22.0 Å². The lowest BCUT2D eigenvalue weighted by Gasteiger charge is -2.37. The molecule has 3 aromatic heterocycles. The van der Waals surface area contributed by atoms with E-state index in [-0.39, 0.29) is 25.0 Å². The van der Waals surface area contributed by atoms with Gasteiger partial charge in [-0.15, -0.1) is 0 Å². The summed E-state index contributed by atoms with van der Waals surface area (Å²) in [7, 11) is 1.41. The van der Waals surface area contributed by atoms with Crippen molar-refractivity contribution >= 4 is 50.2 Å². The molecule has 35 heavy (non-hydrogen) atoms.